The van der Waals surface area contributed by atoms with Gasteiger partial charge >= 0.3 is 6.03 Å². The van der Waals surface area contributed by atoms with Gasteiger partial charge in [-0.25, -0.2) is 9.78 Å². The van der Waals surface area contributed by atoms with Crippen LogP contribution in [-0.2, 0) is 13.2 Å². The number of carbonyl (C=O) groups is 1. The third kappa shape index (κ3) is 5.49. The van der Waals surface area contributed by atoms with E-state index in [0.29, 0.717) is 30.3 Å². The summed E-state index contributed by atoms with van der Waals surface area (Å²) in [5.41, 5.74) is 2.71. The highest BCUT2D eigenvalue weighted by Gasteiger charge is 2.18. The third-order valence-corrected chi connectivity index (χ3v) is 5.36. The number of ether oxygens (including phenoxy) is 2. The molecule has 1 aromatic heterocycles. The van der Waals surface area contributed by atoms with E-state index in [-0.39, 0.29) is 6.03 Å². The minimum atomic E-state index is -0.276. The molecule has 1 aliphatic heterocycles. The summed E-state index contributed by atoms with van der Waals surface area (Å²) in [5, 5.41) is 5.83. The second-order valence-electron chi connectivity index (χ2n) is 7.64. The number of nitrogens with zero attached hydrogens (tertiary/aromatic N) is 2. The van der Waals surface area contributed by atoms with Crippen molar-refractivity contribution < 1.29 is 14.3 Å². The fourth-order valence-corrected chi connectivity index (χ4v) is 3.70. The molecule has 3 aromatic rings. The molecule has 1 fully saturated rings. The van der Waals surface area contributed by atoms with Crippen LogP contribution in [0.4, 0.5) is 16.3 Å². The molecule has 7 nitrogen and oxygen atoms in total. The highest BCUT2D eigenvalue weighted by Crippen LogP contribution is 2.29. The summed E-state index contributed by atoms with van der Waals surface area (Å²) in [7, 11) is 1.61. The van der Waals surface area contributed by atoms with Gasteiger partial charge < -0.3 is 25.0 Å². The van der Waals surface area contributed by atoms with Crippen molar-refractivity contribution in [2.24, 2.45) is 0 Å². The van der Waals surface area contributed by atoms with Crippen LogP contribution in [0.25, 0.3) is 0 Å². The topological polar surface area (TPSA) is 75.7 Å². The number of rotatable bonds is 8. The molecule has 0 saturated carbocycles. The van der Waals surface area contributed by atoms with Crippen LogP contribution < -0.4 is 25.0 Å². The van der Waals surface area contributed by atoms with Crippen molar-refractivity contribution in [3.8, 4) is 11.5 Å². The Hall–Kier alpha value is -3.74. The van der Waals surface area contributed by atoms with E-state index in [0.717, 1.165) is 42.9 Å². The molecule has 0 radical (unpaired) electrons. The Bertz CT molecular complexity index is 1040. The van der Waals surface area contributed by atoms with Crippen LogP contribution in [0.2, 0.25) is 0 Å². The SMILES string of the molecule is COc1cc(CNC(=O)Nc2cccnc2N2CCCC2)ccc1OCc1ccccc1. The van der Waals surface area contributed by atoms with Crippen LogP contribution >= 0.6 is 0 Å². The molecule has 7 heteroatoms. The summed E-state index contributed by atoms with van der Waals surface area (Å²) in [6.07, 6.45) is 4.05. The number of benzene rings is 2. The number of hydrogen-bond acceptors (Lipinski definition) is 5. The smallest absolute Gasteiger partial charge is 0.319 e. The second kappa shape index (κ2) is 10.5. The van der Waals surface area contributed by atoms with Gasteiger partial charge in [-0.15, -0.1) is 0 Å². The van der Waals surface area contributed by atoms with Gasteiger partial charge in [-0.1, -0.05) is 36.4 Å². The lowest BCUT2D eigenvalue weighted by Gasteiger charge is -2.20. The molecule has 32 heavy (non-hydrogen) atoms. The van der Waals surface area contributed by atoms with Gasteiger partial charge in [-0.2, -0.15) is 0 Å². The Morgan fingerprint density at radius 2 is 1.81 bits per heavy atom. The number of nitrogens with one attached hydrogen (secondary N) is 2. The lowest BCUT2D eigenvalue weighted by atomic mass is 10.2. The van der Waals surface area contributed by atoms with E-state index in [1.165, 1.54) is 0 Å². The van der Waals surface area contributed by atoms with Gasteiger partial charge in [0.2, 0.25) is 0 Å². The number of urea groups is 1. The van der Waals surface area contributed by atoms with Crippen LogP contribution in [0.15, 0.2) is 66.9 Å². The van der Waals surface area contributed by atoms with Gasteiger partial charge in [-0.05, 0) is 48.2 Å². The molecule has 1 saturated heterocycles. The number of hydrogen-bond donors (Lipinski definition) is 2. The molecule has 2 amide bonds. The van der Waals surface area contributed by atoms with E-state index in [9.17, 15) is 4.79 Å². The van der Waals surface area contributed by atoms with Crippen molar-refractivity contribution in [3.63, 3.8) is 0 Å². The number of aromatic nitrogens is 1. The molecule has 0 spiro atoms. The fourth-order valence-electron chi connectivity index (χ4n) is 3.70. The van der Waals surface area contributed by atoms with Crippen LogP contribution in [-0.4, -0.2) is 31.2 Å². The minimum Gasteiger partial charge on any atom is -0.493 e. The first-order valence-electron chi connectivity index (χ1n) is 10.8. The first kappa shape index (κ1) is 21.5. The Kier molecular flexibility index (Phi) is 7.07. The summed E-state index contributed by atoms with van der Waals surface area (Å²) in [4.78, 5) is 19.2. The number of amides is 2. The van der Waals surface area contributed by atoms with Crippen molar-refractivity contribution in [2.45, 2.75) is 26.0 Å². The number of methoxy groups -OCH3 is 1. The fraction of sp³-hybridized carbons (Fsp3) is 0.280. The van der Waals surface area contributed by atoms with E-state index < -0.39 is 0 Å². The summed E-state index contributed by atoms with van der Waals surface area (Å²) in [6, 6.07) is 19.1. The quantitative estimate of drug-likeness (QED) is 0.544. The Labute approximate surface area is 188 Å². The number of carbonyl (C=O) groups excluding carboxylic acids is 1. The molecule has 4 rings (SSSR count). The summed E-state index contributed by atoms with van der Waals surface area (Å²) in [5.74, 6) is 2.11. The zero-order valence-corrected chi connectivity index (χ0v) is 18.2. The second-order valence-corrected chi connectivity index (χ2v) is 7.64. The predicted molar refractivity (Wildman–Crippen MR) is 125 cm³/mol. The van der Waals surface area contributed by atoms with E-state index in [1.807, 2.05) is 60.7 Å². The normalized spacial score (nSPS) is 13.0. The highest BCUT2D eigenvalue weighted by atomic mass is 16.5. The van der Waals surface area contributed by atoms with Crippen LogP contribution in [0.3, 0.4) is 0 Å². The zero-order chi connectivity index (χ0) is 22.2. The van der Waals surface area contributed by atoms with Crippen molar-refractivity contribution >= 4 is 17.5 Å². The van der Waals surface area contributed by atoms with Gasteiger partial charge in [0.05, 0.1) is 12.8 Å². The summed E-state index contributed by atoms with van der Waals surface area (Å²) >= 11 is 0. The van der Waals surface area contributed by atoms with E-state index in [4.69, 9.17) is 9.47 Å². The molecular formula is C25H28N4O3. The maximum Gasteiger partial charge on any atom is 0.319 e. The van der Waals surface area contributed by atoms with Crippen LogP contribution in [0, 0.1) is 0 Å². The van der Waals surface area contributed by atoms with Gasteiger partial charge in [0.25, 0.3) is 0 Å². The number of anilines is 2. The third-order valence-electron chi connectivity index (χ3n) is 5.36. The molecule has 166 valence electrons. The maximum absolute atomic E-state index is 12.5. The van der Waals surface area contributed by atoms with E-state index in [1.54, 1.807) is 13.3 Å². The van der Waals surface area contributed by atoms with Crippen LogP contribution in [0.1, 0.15) is 24.0 Å². The predicted octanol–water partition coefficient (Wildman–Crippen LogP) is 4.59. The lowest BCUT2D eigenvalue weighted by molar-refractivity contribution is 0.251. The van der Waals surface area contributed by atoms with Crippen LogP contribution in [0.5, 0.6) is 11.5 Å². The van der Waals surface area contributed by atoms with Crippen molar-refractivity contribution in [3.05, 3.63) is 78.0 Å². The van der Waals surface area contributed by atoms with Gasteiger partial charge in [0.15, 0.2) is 17.3 Å². The standard InChI is InChI=1S/C25H28N4O3/c1-31-23-16-20(11-12-22(23)32-18-19-8-3-2-4-9-19)17-27-25(30)28-21-10-7-13-26-24(21)29-14-5-6-15-29/h2-4,7-13,16H,5-6,14-15,17-18H2,1H3,(H2,27,28,30). The van der Waals surface area contributed by atoms with Crippen molar-refractivity contribution in [1.29, 1.82) is 0 Å². The molecule has 1 aliphatic rings. The summed E-state index contributed by atoms with van der Waals surface area (Å²) in [6.45, 7) is 2.75. The Morgan fingerprint density at radius 3 is 2.59 bits per heavy atom. The molecule has 2 N–H and O–H groups in total. The average molecular weight is 433 g/mol. The zero-order valence-electron chi connectivity index (χ0n) is 18.2. The largest absolute Gasteiger partial charge is 0.493 e. The molecule has 0 aliphatic carbocycles. The molecule has 0 bridgehead atoms. The Balaban J connectivity index is 1.34. The summed E-state index contributed by atoms with van der Waals surface area (Å²) < 4.78 is 11.4. The van der Waals surface area contributed by atoms with Gasteiger partial charge in [0, 0.05) is 25.8 Å². The van der Waals surface area contributed by atoms with Gasteiger partial charge in [-0.3, -0.25) is 0 Å². The molecule has 0 atom stereocenters. The minimum absolute atomic E-state index is 0.276. The maximum atomic E-state index is 12.5. The first-order chi connectivity index (χ1) is 15.7. The van der Waals surface area contributed by atoms with Gasteiger partial charge in [0.1, 0.15) is 6.61 Å². The van der Waals surface area contributed by atoms with Crippen molar-refractivity contribution in [1.82, 2.24) is 10.3 Å². The molecule has 0 unspecified atom stereocenters. The highest BCUT2D eigenvalue weighted by molar-refractivity contribution is 5.92. The number of pyridine rings is 1. The Morgan fingerprint density at radius 1 is 1.00 bits per heavy atom. The monoisotopic (exact) mass is 432 g/mol. The molecule has 2 aromatic carbocycles. The molecular weight excluding hydrogens is 404 g/mol. The average Bonchev–Trinajstić information content (AvgIpc) is 3.37. The van der Waals surface area contributed by atoms with Crippen molar-refractivity contribution in [2.75, 3.05) is 30.4 Å². The lowest BCUT2D eigenvalue weighted by Crippen LogP contribution is -2.29. The molecule has 2 heterocycles. The van der Waals surface area contributed by atoms with E-state index in [2.05, 4.69) is 20.5 Å². The first-order valence-corrected chi connectivity index (χ1v) is 10.8. The van der Waals surface area contributed by atoms with E-state index >= 15 is 0 Å².